The van der Waals surface area contributed by atoms with Crippen LogP contribution in [-0.4, -0.2) is 34.8 Å². The lowest BCUT2D eigenvalue weighted by atomic mass is 10.2. The van der Waals surface area contributed by atoms with E-state index in [1.165, 1.54) is 23.1 Å². The van der Waals surface area contributed by atoms with Crippen molar-refractivity contribution in [2.45, 2.75) is 4.34 Å². The van der Waals surface area contributed by atoms with Crippen molar-refractivity contribution < 1.29 is 9.59 Å². The average Bonchev–Trinajstić information content (AvgIpc) is 2.93. The van der Waals surface area contributed by atoms with Crippen molar-refractivity contribution in [1.82, 2.24) is 15.5 Å². The molecule has 9 heteroatoms. The first-order valence-electron chi connectivity index (χ1n) is 5.79. The van der Waals surface area contributed by atoms with Gasteiger partial charge in [0, 0.05) is 10.6 Å². The molecule has 21 heavy (non-hydrogen) atoms. The number of halogens is 1. The van der Waals surface area contributed by atoms with E-state index in [4.69, 9.17) is 11.6 Å². The molecule has 0 aliphatic heterocycles. The van der Waals surface area contributed by atoms with Crippen molar-refractivity contribution in [3.8, 4) is 0 Å². The van der Waals surface area contributed by atoms with Gasteiger partial charge >= 0.3 is 0 Å². The molecule has 1 heterocycles. The highest BCUT2D eigenvalue weighted by molar-refractivity contribution is 8.00. The third-order valence-corrected chi connectivity index (χ3v) is 4.41. The van der Waals surface area contributed by atoms with Gasteiger partial charge in [0.2, 0.25) is 11.0 Å². The van der Waals surface area contributed by atoms with Crippen LogP contribution in [0.3, 0.4) is 0 Å². The Balaban J connectivity index is 1.83. The van der Waals surface area contributed by atoms with Crippen molar-refractivity contribution in [2.24, 2.45) is 0 Å². The lowest BCUT2D eigenvalue weighted by Crippen LogP contribution is -2.32. The highest BCUT2D eigenvalue weighted by Gasteiger charge is 2.10. The van der Waals surface area contributed by atoms with E-state index in [1.807, 2.05) is 6.26 Å². The number of amides is 2. The standard InChI is InChI=1S/C12H11ClN4O2S2/c1-20-12-17-16-11(21-12)15-9(18)6-14-10(19)7-2-4-8(13)5-3-7/h2-5H,6H2,1H3,(H,14,19)(H,15,16,18). The molecule has 0 spiro atoms. The number of benzene rings is 1. The maximum Gasteiger partial charge on any atom is 0.251 e. The Morgan fingerprint density at radius 3 is 2.62 bits per heavy atom. The third-order valence-electron chi connectivity index (χ3n) is 2.34. The molecular weight excluding hydrogens is 332 g/mol. The van der Waals surface area contributed by atoms with Gasteiger partial charge in [-0.05, 0) is 30.5 Å². The normalized spacial score (nSPS) is 10.2. The fourth-order valence-corrected chi connectivity index (χ4v) is 2.68. The summed E-state index contributed by atoms with van der Waals surface area (Å²) in [7, 11) is 0. The summed E-state index contributed by atoms with van der Waals surface area (Å²) in [6.07, 6.45) is 1.87. The Kier molecular flexibility index (Phi) is 5.54. The smallest absolute Gasteiger partial charge is 0.251 e. The van der Waals surface area contributed by atoms with E-state index in [0.717, 1.165) is 4.34 Å². The van der Waals surface area contributed by atoms with Crippen molar-refractivity contribution in [3.63, 3.8) is 0 Å². The van der Waals surface area contributed by atoms with Gasteiger partial charge in [0.15, 0.2) is 4.34 Å². The highest BCUT2D eigenvalue weighted by Crippen LogP contribution is 2.22. The maximum absolute atomic E-state index is 11.8. The number of aromatic nitrogens is 2. The minimum Gasteiger partial charge on any atom is -0.343 e. The van der Waals surface area contributed by atoms with Crippen LogP contribution in [0.5, 0.6) is 0 Å². The minimum atomic E-state index is -0.360. The first-order chi connectivity index (χ1) is 10.1. The van der Waals surface area contributed by atoms with Gasteiger partial charge < -0.3 is 5.32 Å². The summed E-state index contributed by atoms with van der Waals surface area (Å²) in [6.45, 7) is -0.143. The summed E-state index contributed by atoms with van der Waals surface area (Å²) < 4.78 is 0.760. The second-order valence-corrected chi connectivity index (χ2v) is 6.28. The number of nitrogens with one attached hydrogen (secondary N) is 2. The van der Waals surface area contributed by atoms with Crippen LogP contribution in [0.1, 0.15) is 10.4 Å². The number of carbonyl (C=O) groups is 2. The van der Waals surface area contributed by atoms with Crippen LogP contribution in [0.4, 0.5) is 5.13 Å². The van der Waals surface area contributed by atoms with Gasteiger partial charge in [-0.1, -0.05) is 34.7 Å². The van der Waals surface area contributed by atoms with Crippen molar-refractivity contribution in [3.05, 3.63) is 34.9 Å². The number of carbonyl (C=O) groups excluding carboxylic acids is 2. The number of anilines is 1. The van der Waals surface area contributed by atoms with Gasteiger partial charge in [0.1, 0.15) is 0 Å². The summed E-state index contributed by atoms with van der Waals surface area (Å²) in [5.41, 5.74) is 0.438. The molecule has 0 fully saturated rings. The Labute approximate surface area is 134 Å². The van der Waals surface area contributed by atoms with E-state index in [9.17, 15) is 9.59 Å². The summed E-state index contributed by atoms with van der Waals surface area (Å²) >= 11 is 8.46. The molecule has 2 rings (SSSR count). The number of thioether (sulfide) groups is 1. The van der Waals surface area contributed by atoms with Crippen molar-refractivity contribution in [1.29, 1.82) is 0 Å². The quantitative estimate of drug-likeness (QED) is 0.643. The zero-order valence-corrected chi connectivity index (χ0v) is 13.3. The molecule has 2 amide bonds. The van der Waals surface area contributed by atoms with E-state index in [1.54, 1.807) is 24.3 Å². The molecule has 0 aliphatic rings. The largest absolute Gasteiger partial charge is 0.343 e. The van der Waals surface area contributed by atoms with E-state index in [-0.39, 0.29) is 18.4 Å². The van der Waals surface area contributed by atoms with Gasteiger partial charge in [-0.3, -0.25) is 14.9 Å². The van der Waals surface area contributed by atoms with Gasteiger partial charge in [0.05, 0.1) is 6.54 Å². The summed E-state index contributed by atoms with van der Waals surface area (Å²) in [5.74, 6) is -0.704. The summed E-state index contributed by atoms with van der Waals surface area (Å²) in [4.78, 5) is 23.5. The fourth-order valence-electron chi connectivity index (χ4n) is 1.37. The molecule has 6 nitrogen and oxygen atoms in total. The first kappa shape index (κ1) is 15.7. The number of rotatable bonds is 5. The van der Waals surface area contributed by atoms with Crippen LogP contribution < -0.4 is 10.6 Å². The maximum atomic E-state index is 11.8. The summed E-state index contributed by atoms with van der Waals surface area (Å²) in [6, 6.07) is 6.40. The second kappa shape index (κ2) is 7.39. The molecule has 1 aromatic heterocycles. The molecule has 0 aliphatic carbocycles. The van der Waals surface area contributed by atoms with Crippen LogP contribution in [-0.2, 0) is 4.79 Å². The van der Waals surface area contributed by atoms with Crippen molar-refractivity contribution >= 4 is 51.6 Å². The topological polar surface area (TPSA) is 84.0 Å². The van der Waals surface area contributed by atoms with Gasteiger partial charge in [-0.25, -0.2) is 0 Å². The van der Waals surface area contributed by atoms with Gasteiger partial charge in [-0.2, -0.15) is 0 Å². The van der Waals surface area contributed by atoms with Gasteiger partial charge in [0.25, 0.3) is 5.91 Å². The zero-order valence-electron chi connectivity index (χ0n) is 10.9. The summed E-state index contributed by atoms with van der Waals surface area (Å²) in [5, 5.41) is 13.7. The second-order valence-electron chi connectivity index (χ2n) is 3.81. The lowest BCUT2D eigenvalue weighted by molar-refractivity contribution is -0.115. The van der Waals surface area contributed by atoms with Gasteiger partial charge in [-0.15, -0.1) is 10.2 Å². The molecule has 110 valence electrons. The van der Waals surface area contributed by atoms with Crippen LogP contribution in [0.15, 0.2) is 28.6 Å². The third kappa shape index (κ3) is 4.69. The predicted molar refractivity (Wildman–Crippen MR) is 84.1 cm³/mol. The zero-order chi connectivity index (χ0) is 15.2. The fraction of sp³-hybridized carbons (Fsp3) is 0.167. The lowest BCUT2D eigenvalue weighted by Gasteiger charge is -2.04. The molecular formula is C12H11ClN4O2S2. The molecule has 0 unspecified atom stereocenters. The Hall–Kier alpha value is -1.64. The molecule has 2 aromatic rings. The SMILES string of the molecule is CSc1nnc(NC(=O)CNC(=O)c2ccc(Cl)cc2)s1. The Morgan fingerprint density at radius 2 is 2.00 bits per heavy atom. The molecule has 0 radical (unpaired) electrons. The number of hydrogen-bond donors (Lipinski definition) is 2. The molecule has 2 N–H and O–H groups in total. The molecule has 0 atom stereocenters. The van der Waals surface area contributed by atoms with Crippen LogP contribution in [0.25, 0.3) is 0 Å². The number of nitrogens with zero attached hydrogens (tertiary/aromatic N) is 2. The molecule has 0 bridgehead atoms. The highest BCUT2D eigenvalue weighted by atomic mass is 35.5. The van der Waals surface area contributed by atoms with Crippen LogP contribution in [0.2, 0.25) is 5.02 Å². The minimum absolute atomic E-state index is 0.143. The van der Waals surface area contributed by atoms with Crippen LogP contribution in [0, 0.1) is 0 Å². The van der Waals surface area contributed by atoms with Crippen LogP contribution >= 0.6 is 34.7 Å². The predicted octanol–water partition coefficient (Wildman–Crippen LogP) is 2.28. The number of hydrogen-bond acceptors (Lipinski definition) is 6. The van der Waals surface area contributed by atoms with E-state index < -0.39 is 0 Å². The van der Waals surface area contributed by atoms with E-state index in [2.05, 4.69) is 20.8 Å². The molecule has 0 saturated carbocycles. The Morgan fingerprint density at radius 1 is 1.29 bits per heavy atom. The van der Waals surface area contributed by atoms with E-state index in [0.29, 0.717) is 15.7 Å². The molecule has 0 saturated heterocycles. The monoisotopic (exact) mass is 342 g/mol. The molecule has 1 aromatic carbocycles. The van der Waals surface area contributed by atoms with Crippen molar-refractivity contribution in [2.75, 3.05) is 18.1 Å². The first-order valence-corrected chi connectivity index (χ1v) is 8.21. The Bertz CT molecular complexity index is 645. The average molecular weight is 343 g/mol. The van der Waals surface area contributed by atoms with E-state index >= 15 is 0 Å².